The van der Waals surface area contributed by atoms with Gasteiger partial charge in [0.25, 0.3) is 20.0 Å². The van der Waals surface area contributed by atoms with Crippen LogP contribution in [0.15, 0.2) is 190 Å². The van der Waals surface area contributed by atoms with Crippen LogP contribution >= 0.6 is 135 Å². The molecule has 0 bridgehead atoms. The SMILES string of the molecule is C.C.CC(C)(C)OC(=O)CCC(C(=O)O)c1ccccc1.CCOC(=O)C1=NS(=O)(=O)c2cc(I)ccc2N1.Cc1noc(C(CCC(=O)C2=NS(=O)(=O)c3cc(I)ccc3N2)c2ccccc2)n1.Cc1noc(C(CCC(=O)OC(C)(C)C)c2ccccc2)n1.Cc1noc(C(CN)c2ccccc2)n1.I[I-]I(I)I(I)I. The van der Waals surface area contributed by atoms with Crippen LogP contribution in [0.5, 0.6) is 0 Å². The molecule has 11 rings (SSSR count). The number of carboxylic acids is 1. The van der Waals surface area contributed by atoms with E-state index in [-0.39, 0.29) is 108 Å². The van der Waals surface area contributed by atoms with Gasteiger partial charge in [-0.1, -0.05) is 152 Å². The van der Waals surface area contributed by atoms with Crippen LogP contribution in [0.4, 0.5) is 11.4 Å². The summed E-state index contributed by atoms with van der Waals surface area (Å²) in [4.78, 5) is 72.0. The molecule has 6 aromatic carbocycles. The Morgan fingerprint density at radius 3 is 1.23 bits per heavy atom. The molecule has 38 heteroatoms. The average molecular weight is 2610 g/mol. The number of rotatable bonds is 23. The van der Waals surface area contributed by atoms with E-state index in [0.717, 1.165) is 23.8 Å². The van der Waals surface area contributed by atoms with E-state index in [1.807, 2.05) is 163 Å². The van der Waals surface area contributed by atoms with E-state index in [9.17, 15) is 45.9 Å². The number of carbonyl (C=O) groups excluding carboxylic acids is 4. The molecule has 0 saturated heterocycles. The van der Waals surface area contributed by atoms with Gasteiger partial charge in [-0.15, -0.1) is 8.80 Å². The van der Waals surface area contributed by atoms with Crippen LogP contribution in [0.25, 0.3) is 0 Å². The molecular formula is C75H89I9N11O16S2-. The molecule has 4 atom stereocenters. The van der Waals surface area contributed by atoms with E-state index in [1.165, 1.54) is 12.1 Å². The van der Waals surface area contributed by atoms with Gasteiger partial charge in [-0.3, -0.25) is 19.2 Å². The number of carbonyl (C=O) groups is 5. The van der Waals surface area contributed by atoms with Gasteiger partial charge in [0.2, 0.25) is 23.5 Å². The number of aliphatic carboxylic acids is 1. The van der Waals surface area contributed by atoms with Crippen molar-refractivity contribution >= 4 is 208 Å². The summed E-state index contributed by atoms with van der Waals surface area (Å²) < 4.78 is 88.5. The van der Waals surface area contributed by atoms with Gasteiger partial charge in [-0.25, -0.2) is 4.79 Å². The second-order valence-electron chi connectivity index (χ2n) is 25.6. The first-order valence-corrected chi connectivity index (χ1v) is 76.3. The molecule has 0 saturated carbocycles. The van der Waals surface area contributed by atoms with Crippen molar-refractivity contribution in [2.24, 2.45) is 14.5 Å². The zero-order valence-corrected chi connectivity index (χ0v) is 82.5. The van der Waals surface area contributed by atoms with Crippen molar-refractivity contribution in [2.45, 2.75) is 167 Å². The van der Waals surface area contributed by atoms with Gasteiger partial charge in [0, 0.05) is 32.9 Å². The monoisotopic (exact) mass is 2610 g/mol. The summed E-state index contributed by atoms with van der Waals surface area (Å²) in [5.74, 6) is -0.990. The Bertz CT molecular complexity index is 4850. The number of nitrogens with two attached hydrogens (primary N) is 1. The average Bonchev–Trinajstić information content (AvgIpc) is 1.25. The normalized spacial score (nSPS) is 14.0. The maximum atomic E-state index is 12.8. The Labute approximate surface area is 742 Å². The van der Waals surface area contributed by atoms with E-state index in [1.54, 1.807) is 97.0 Å². The van der Waals surface area contributed by atoms with Crippen LogP contribution in [0, 0.1) is 27.9 Å². The molecule has 3 aromatic heterocycles. The van der Waals surface area contributed by atoms with Gasteiger partial charge in [-0.05, 0) is 192 Å². The number of carboxylic acid groups (broad SMARTS) is 1. The number of esters is 3. The Morgan fingerprint density at radius 1 is 0.540 bits per heavy atom. The molecule has 0 radical (unpaired) electrons. The van der Waals surface area contributed by atoms with E-state index >= 15 is 0 Å². The molecule has 5 heterocycles. The van der Waals surface area contributed by atoms with Gasteiger partial charge in [0.15, 0.2) is 29.1 Å². The third-order valence-corrected chi connectivity index (χ3v) is 267. The fraction of sp³-hybridized carbons (Fsp3) is 0.347. The first kappa shape index (κ1) is 101. The molecule has 2 aliphatic heterocycles. The number of hydrogen-bond donors (Lipinski definition) is 4. The predicted molar refractivity (Wildman–Crippen MR) is 501 cm³/mol. The molecule has 0 amide bonds. The maximum absolute atomic E-state index is 12.8. The van der Waals surface area contributed by atoms with E-state index < -0.39 is 54.9 Å². The number of Topliss-reactive ketones (excluding diaryl/α,β-unsaturated/α-hetero) is 1. The zero-order chi connectivity index (χ0) is 81.8. The number of amidine groups is 2. The number of sulfonamides is 2. The van der Waals surface area contributed by atoms with Crippen molar-refractivity contribution < 1.29 is 86.9 Å². The number of aromatic nitrogens is 6. The fourth-order valence-electron chi connectivity index (χ4n) is 10.2. The van der Waals surface area contributed by atoms with Crippen LogP contribution in [0.1, 0.15) is 183 Å². The summed E-state index contributed by atoms with van der Waals surface area (Å²) in [7, 11) is -8.29. The third-order valence-electron chi connectivity index (χ3n) is 14.9. The molecule has 9 aromatic rings. The van der Waals surface area contributed by atoms with E-state index in [4.69, 9.17) is 33.5 Å². The molecule has 27 nitrogen and oxygen atoms in total. The molecular weight excluding hydrogens is 2520 g/mol. The number of benzene rings is 6. The molecule has 616 valence electrons. The summed E-state index contributed by atoms with van der Waals surface area (Å²) in [6, 6.07) is 48.0. The molecule has 5 N–H and O–H groups in total. The van der Waals surface area contributed by atoms with Crippen molar-refractivity contribution in [3.05, 3.63) is 222 Å². The van der Waals surface area contributed by atoms with Crippen molar-refractivity contribution in [3.63, 3.8) is 0 Å². The number of nitrogens with zero attached hydrogens (tertiary/aromatic N) is 8. The first-order chi connectivity index (χ1) is 52.4. The predicted octanol–water partition coefficient (Wildman–Crippen LogP) is 16.7. The topological polar surface area (TPSA) is 393 Å². The van der Waals surface area contributed by atoms with E-state index in [0.29, 0.717) is 91.1 Å². The molecule has 0 spiro atoms. The van der Waals surface area contributed by atoms with E-state index in [2.05, 4.69) is 124 Å². The standard InChI is InChI=1S/C20H17IN4O4S.C17H22N2O3.C15H20O4.C11H13N3O.C10H9IN2O4S.2CH4.I7/c1-12-22-20(29-24-12)15(13-5-3-2-4-6-13)8-10-17(26)19-23-16-9-7-14(21)11-18(16)30(27,28)25-19;1-12-18-16(22-19-12)14(13-8-6-5-7-9-13)10-11-15(20)21-17(2,3)4;1-15(2,3)19-13(16)10-9-12(14(17)18)11-7-5-4-6-8-11;1-8-13-11(15-14-8)10(7-12)9-5-3-2-4-6-9;1-2-17-10(14)9-12-7-4-3-6(11)5-8(7)18(15,16)13-9;;;1-5-7(4)6(2)3/h2-7,9,11,15H,8,10H2,1H3,(H,23,25);5-9,14H,10-11H2,1-4H3;4-8,12H,9-10H2,1-3H3,(H,17,18);2-6,10H,7,12H2,1H3;3-5H,2H2,1H3,(H,12,13);2*1H4;/q;;;;;;;-1. The summed E-state index contributed by atoms with van der Waals surface area (Å²) in [5.41, 5.74) is 9.17. The van der Waals surface area contributed by atoms with Gasteiger partial charge in [0.05, 0.1) is 41.7 Å². The molecule has 0 fully saturated rings. The van der Waals surface area contributed by atoms with Gasteiger partial charge in [-0.2, -0.15) is 31.8 Å². The number of nitrogens with one attached hydrogen (secondary N) is 2. The summed E-state index contributed by atoms with van der Waals surface area (Å²) in [6.07, 6.45) is 1.64. The first-order valence-electron chi connectivity index (χ1n) is 33.6. The van der Waals surface area contributed by atoms with Gasteiger partial charge >= 0.3 is 127 Å². The Hall–Kier alpha value is -4.34. The van der Waals surface area contributed by atoms with Crippen LogP contribution in [0.2, 0.25) is 0 Å². The van der Waals surface area contributed by atoms with Crippen LogP contribution in [-0.4, -0.2) is 118 Å². The molecule has 113 heavy (non-hydrogen) atoms. The minimum atomic E-state index is -3.94. The molecule has 2 aliphatic rings. The Morgan fingerprint density at radius 2 is 0.894 bits per heavy atom. The van der Waals surface area contributed by atoms with Crippen molar-refractivity contribution in [1.82, 2.24) is 30.4 Å². The minimum absolute atomic E-state index is 0. The number of halogens is 9. The number of ether oxygens (including phenoxy) is 3. The molecule has 0 aliphatic carbocycles. The quantitative estimate of drug-likeness (QED) is 0.0262. The number of anilines is 2. The third kappa shape index (κ3) is 34.5. The van der Waals surface area contributed by atoms with Crippen LogP contribution in [0.3, 0.4) is 0 Å². The van der Waals surface area contributed by atoms with Crippen LogP contribution < -0.4 is 29.6 Å². The number of hydrogen-bond acceptors (Lipinski definition) is 24. The Balaban J connectivity index is 0.000000295. The summed E-state index contributed by atoms with van der Waals surface area (Å²) in [6.45, 7) is 18.5. The number of fused-ring (bicyclic) bond motifs is 2. The second kappa shape index (κ2) is 49.3. The van der Waals surface area contributed by atoms with Gasteiger partial charge < -0.3 is 49.3 Å². The second-order valence-corrected chi connectivity index (χ2v) is 145. The van der Waals surface area contributed by atoms with Crippen molar-refractivity contribution in [1.29, 1.82) is 0 Å². The van der Waals surface area contributed by atoms with Crippen molar-refractivity contribution in [2.75, 3.05) is 23.8 Å². The molecule has 4 unspecified atom stereocenters. The zero-order valence-electron chi connectivity index (χ0n) is 61.4. The fourth-order valence-corrected chi connectivity index (χ4v) is 223. The summed E-state index contributed by atoms with van der Waals surface area (Å²) >= 11 is 15.5. The van der Waals surface area contributed by atoms with Crippen LogP contribution in [-0.2, 0) is 58.2 Å². The Kier molecular flexibility index (Phi) is 44.0. The number of aryl methyl sites for hydroxylation is 3. The number of ketones is 1. The summed E-state index contributed by atoms with van der Waals surface area (Å²) in [5, 5.41) is 26.2. The van der Waals surface area contributed by atoms with Crippen molar-refractivity contribution in [3.8, 4) is 0 Å². The van der Waals surface area contributed by atoms with Gasteiger partial charge in [0.1, 0.15) is 21.0 Å².